The van der Waals surface area contributed by atoms with E-state index in [0.29, 0.717) is 12.8 Å². The van der Waals surface area contributed by atoms with Crippen LogP contribution in [-0.2, 0) is 4.74 Å². The first-order valence-corrected chi connectivity index (χ1v) is 4.33. The van der Waals surface area contributed by atoms with Crippen molar-refractivity contribution in [2.75, 3.05) is 6.61 Å². The molecule has 0 aromatic carbocycles. The molecule has 0 aromatic heterocycles. The van der Waals surface area contributed by atoms with Crippen molar-refractivity contribution in [3.05, 3.63) is 0 Å². The smallest absolute Gasteiger partial charge is 0.109 e. The molecule has 0 spiro atoms. The molecule has 4 atom stereocenters. The van der Waals surface area contributed by atoms with Gasteiger partial charge in [-0.25, -0.2) is 0 Å². The minimum atomic E-state index is -0.845. The summed E-state index contributed by atoms with van der Waals surface area (Å²) in [6, 6.07) is 0. The van der Waals surface area contributed by atoms with E-state index in [2.05, 4.69) is 0 Å². The van der Waals surface area contributed by atoms with Crippen LogP contribution in [0.5, 0.6) is 0 Å². The fourth-order valence-electron chi connectivity index (χ4n) is 1.53. The summed E-state index contributed by atoms with van der Waals surface area (Å²) in [6.07, 6.45) is -1.27. The molecule has 3 N–H and O–H groups in total. The number of aliphatic hydroxyl groups is 3. The lowest BCUT2D eigenvalue weighted by Crippen LogP contribution is -2.32. The summed E-state index contributed by atoms with van der Waals surface area (Å²) in [7, 11) is 0. The highest BCUT2D eigenvalue weighted by Gasteiger charge is 2.40. The average molecular weight is 176 g/mol. The number of aliphatic hydroxyl groups excluding tert-OH is 3. The SMILES string of the molecule is CC[C@@H]1O[C@H](CCO)[C@@H](O)[C@H]1O. The summed E-state index contributed by atoms with van der Waals surface area (Å²) in [6.45, 7) is 1.87. The summed E-state index contributed by atoms with van der Waals surface area (Å²) in [5.74, 6) is 0. The van der Waals surface area contributed by atoms with Crippen molar-refractivity contribution in [1.82, 2.24) is 0 Å². The zero-order valence-corrected chi connectivity index (χ0v) is 7.18. The first-order valence-electron chi connectivity index (χ1n) is 4.33. The van der Waals surface area contributed by atoms with Crippen LogP contribution in [0, 0.1) is 0 Å². The molecule has 1 saturated heterocycles. The number of hydrogen-bond acceptors (Lipinski definition) is 4. The number of rotatable bonds is 3. The van der Waals surface area contributed by atoms with Crippen LogP contribution in [0.15, 0.2) is 0 Å². The Morgan fingerprint density at radius 1 is 1.17 bits per heavy atom. The molecule has 1 rings (SSSR count). The van der Waals surface area contributed by atoms with Gasteiger partial charge in [0.1, 0.15) is 12.2 Å². The monoisotopic (exact) mass is 176 g/mol. The standard InChI is InChI=1S/C8H16O4/c1-2-5-7(10)8(11)6(12-5)3-4-9/h5-11H,2-4H2,1H3/t5-,6+,7-,8+/m0/s1. The van der Waals surface area contributed by atoms with E-state index in [4.69, 9.17) is 9.84 Å². The minimum Gasteiger partial charge on any atom is -0.396 e. The van der Waals surface area contributed by atoms with Crippen LogP contribution < -0.4 is 0 Å². The Hall–Kier alpha value is -0.160. The molecule has 72 valence electrons. The second kappa shape index (κ2) is 4.18. The lowest BCUT2D eigenvalue weighted by Gasteiger charge is -2.12. The highest BCUT2D eigenvalue weighted by Crippen LogP contribution is 2.24. The van der Waals surface area contributed by atoms with Gasteiger partial charge in [0.05, 0.1) is 12.2 Å². The molecule has 12 heavy (non-hydrogen) atoms. The summed E-state index contributed by atoms with van der Waals surface area (Å²) in [5, 5.41) is 27.4. The second-order valence-corrected chi connectivity index (χ2v) is 3.11. The topological polar surface area (TPSA) is 69.9 Å². The van der Waals surface area contributed by atoms with Crippen molar-refractivity contribution < 1.29 is 20.1 Å². The molecule has 1 aliphatic rings. The van der Waals surface area contributed by atoms with E-state index < -0.39 is 18.3 Å². The van der Waals surface area contributed by atoms with Gasteiger partial charge in [0.2, 0.25) is 0 Å². The Labute approximate surface area is 71.8 Å². The third kappa shape index (κ3) is 1.77. The molecule has 0 aliphatic carbocycles. The van der Waals surface area contributed by atoms with Crippen molar-refractivity contribution in [3.8, 4) is 0 Å². The van der Waals surface area contributed by atoms with Gasteiger partial charge in [-0.05, 0) is 12.8 Å². The van der Waals surface area contributed by atoms with Crippen LogP contribution in [0.4, 0.5) is 0 Å². The quantitative estimate of drug-likeness (QED) is 0.530. The van der Waals surface area contributed by atoms with Crippen molar-refractivity contribution in [1.29, 1.82) is 0 Å². The molecule has 4 nitrogen and oxygen atoms in total. The Kier molecular flexibility index (Phi) is 3.46. The molecule has 0 bridgehead atoms. The van der Waals surface area contributed by atoms with Crippen LogP contribution in [0.25, 0.3) is 0 Å². The van der Waals surface area contributed by atoms with Crippen LogP contribution in [0.1, 0.15) is 19.8 Å². The molecule has 0 saturated carbocycles. The van der Waals surface area contributed by atoms with Crippen molar-refractivity contribution >= 4 is 0 Å². The van der Waals surface area contributed by atoms with Gasteiger partial charge < -0.3 is 20.1 Å². The minimum absolute atomic E-state index is 0.0229. The van der Waals surface area contributed by atoms with Crippen LogP contribution >= 0.6 is 0 Å². The van der Waals surface area contributed by atoms with E-state index in [1.807, 2.05) is 6.92 Å². The molecule has 1 heterocycles. The molecule has 1 fully saturated rings. The maximum absolute atomic E-state index is 9.40. The van der Waals surface area contributed by atoms with Gasteiger partial charge in [0, 0.05) is 6.61 Å². The summed E-state index contributed by atoms with van der Waals surface area (Å²) in [5.41, 5.74) is 0. The van der Waals surface area contributed by atoms with Crippen LogP contribution in [0.3, 0.4) is 0 Å². The van der Waals surface area contributed by atoms with E-state index in [-0.39, 0.29) is 12.7 Å². The highest BCUT2D eigenvalue weighted by atomic mass is 16.5. The predicted octanol–water partition coefficient (Wildman–Crippen LogP) is -0.732. The molecule has 0 amide bonds. The third-order valence-electron chi connectivity index (χ3n) is 2.28. The van der Waals surface area contributed by atoms with E-state index in [1.165, 1.54) is 0 Å². The van der Waals surface area contributed by atoms with Crippen LogP contribution in [-0.4, -0.2) is 46.3 Å². The van der Waals surface area contributed by atoms with Crippen LogP contribution in [0.2, 0.25) is 0 Å². The predicted molar refractivity (Wildman–Crippen MR) is 42.7 cm³/mol. The van der Waals surface area contributed by atoms with E-state index >= 15 is 0 Å². The Bertz CT molecular complexity index is 139. The van der Waals surface area contributed by atoms with E-state index in [1.54, 1.807) is 0 Å². The number of hydrogen-bond donors (Lipinski definition) is 3. The Balaban J connectivity index is 2.48. The fraction of sp³-hybridized carbons (Fsp3) is 1.00. The zero-order chi connectivity index (χ0) is 9.14. The van der Waals surface area contributed by atoms with Gasteiger partial charge in [0.15, 0.2) is 0 Å². The number of ether oxygens (including phenoxy) is 1. The molecule has 1 aliphatic heterocycles. The molecule has 0 unspecified atom stereocenters. The first-order chi connectivity index (χ1) is 5.70. The Morgan fingerprint density at radius 2 is 1.75 bits per heavy atom. The average Bonchev–Trinajstić information content (AvgIpc) is 2.33. The van der Waals surface area contributed by atoms with Crippen molar-refractivity contribution in [2.45, 2.75) is 44.2 Å². The Morgan fingerprint density at radius 3 is 2.17 bits per heavy atom. The third-order valence-corrected chi connectivity index (χ3v) is 2.28. The fourth-order valence-corrected chi connectivity index (χ4v) is 1.53. The van der Waals surface area contributed by atoms with E-state index in [0.717, 1.165) is 0 Å². The largest absolute Gasteiger partial charge is 0.396 e. The van der Waals surface area contributed by atoms with Gasteiger partial charge in [-0.1, -0.05) is 6.92 Å². The highest BCUT2D eigenvalue weighted by molar-refractivity contribution is 4.89. The normalized spacial score (nSPS) is 42.0. The zero-order valence-electron chi connectivity index (χ0n) is 7.18. The van der Waals surface area contributed by atoms with Crippen molar-refractivity contribution in [3.63, 3.8) is 0 Å². The molecule has 4 heteroatoms. The van der Waals surface area contributed by atoms with Gasteiger partial charge >= 0.3 is 0 Å². The molecule has 0 radical (unpaired) electrons. The first kappa shape index (κ1) is 9.92. The summed E-state index contributed by atoms with van der Waals surface area (Å²) in [4.78, 5) is 0. The van der Waals surface area contributed by atoms with E-state index in [9.17, 15) is 10.2 Å². The second-order valence-electron chi connectivity index (χ2n) is 3.11. The van der Waals surface area contributed by atoms with Gasteiger partial charge in [-0.3, -0.25) is 0 Å². The van der Waals surface area contributed by atoms with Gasteiger partial charge in [-0.2, -0.15) is 0 Å². The summed E-state index contributed by atoms with van der Waals surface area (Å²) < 4.78 is 5.32. The maximum atomic E-state index is 9.40. The lowest BCUT2D eigenvalue weighted by molar-refractivity contribution is -0.00488. The maximum Gasteiger partial charge on any atom is 0.109 e. The van der Waals surface area contributed by atoms with Crippen molar-refractivity contribution in [2.24, 2.45) is 0 Å². The lowest BCUT2D eigenvalue weighted by atomic mass is 10.1. The molecular formula is C8H16O4. The molecule has 0 aromatic rings. The van der Waals surface area contributed by atoms with Gasteiger partial charge in [0.25, 0.3) is 0 Å². The molecular weight excluding hydrogens is 160 g/mol. The summed E-state index contributed by atoms with van der Waals surface area (Å²) >= 11 is 0. The van der Waals surface area contributed by atoms with Gasteiger partial charge in [-0.15, -0.1) is 0 Å².